The molecule has 2 aromatic rings. The first-order valence-electron chi connectivity index (χ1n) is 7.27. The summed E-state index contributed by atoms with van der Waals surface area (Å²) in [5.74, 6) is -0.564. The highest BCUT2D eigenvalue weighted by Crippen LogP contribution is 2.45. The molecule has 1 amide bonds. The third-order valence-electron chi connectivity index (χ3n) is 3.88. The number of carbonyl (C=O) groups excluding carboxylic acids is 1. The van der Waals surface area contributed by atoms with Crippen molar-refractivity contribution in [3.8, 4) is 11.5 Å². The lowest BCUT2D eigenvalue weighted by Gasteiger charge is -2.11. The molecule has 0 aliphatic heterocycles. The lowest BCUT2D eigenvalue weighted by molar-refractivity contribution is -0.385. The number of ether oxygens (including phenoxy) is 1. The molecule has 3 rings (SSSR count). The number of halogens is 1. The van der Waals surface area contributed by atoms with E-state index in [0.29, 0.717) is 5.82 Å². The fourth-order valence-corrected chi connectivity index (χ4v) is 2.04. The molecule has 124 valence electrons. The normalized spacial score (nSPS) is 14.8. The molecule has 1 aliphatic rings. The molecule has 8 heteroatoms. The van der Waals surface area contributed by atoms with Crippen LogP contribution in [-0.2, 0) is 4.79 Å². The van der Waals surface area contributed by atoms with E-state index in [1.807, 2.05) is 6.92 Å². The van der Waals surface area contributed by atoms with Gasteiger partial charge in [-0.2, -0.15) is 0 Å². The Morgan fingerprint density at radius 3 is 2.75 bits per heavy atom. The molecule has 0 radical (unpaired) electrons. The van der Waals surface area contributed by atoms with E-state index in [2.05, 4.69) is 10.3 Å². The van der Waals surface area contributed by atoms with Crippen LogP contribution in [0.5, 0.6) is 11.5 Å². The van der Waals surface area contributed by atoms with Crippen LogP contribution in [0.15, 0.2) is 36.5 Å². The van der Waals surface area contributed by atoms with E-state index < -0.39 is 10.7 Å². The summed E-state index contributed by atoms with van der Waals surface area (Å²) in [6, 6.07) is 6.07. The third-order valence-corrected chi connectivity index (χ3v) is 3.88. The first-order chi connectivity index (χ1) is 11.4. The number of amides is 1. The second-order valence-electron chi connectivity index (χ2n) is 5.87. The van der Waals surface area contributed by atoms with Gasteiger partial charge in [0.1, 0.15) is 11.6 Å². The van der Waals surface area contributed by atoms with Gasteiger partial charge in [0, 0.05) is 23.7 Å². The summed E-state index contributed by atoms with van der Waals surface area (Å²) in [7, 11) is 0. The average Bonchev–Trinajstić information content (AvgIpc) is 3.29. The minimum absolute atomic E-state index is 0.117. The number of carbonyl (C=O) groups is 1. The van der Waals surface area contributed by atoms with Gasteiger partial charge in [-0.1, -0.05) is 6.92 Å². The molecule has 0 spiro atoms. The first kappa shape index (κ1) is 15.9. The zero-order chi connectivity index (χ0) is 17.3. The molecule has 0 saturated heterocycles. The fourth-order valence-electron chi connectivity index (χ4n) is 2.04. The molecule has 0 bridgehead atoms. The number of anilines is 1. The van der Waals surface area contributed by atoms with Crippen LogP contribution in [0.2, 0.25) is 0 Å². The van der Waals surface area contributed by atoms with Crippen molar-refractivity contribution in [3.05, 3.63) is 52.5 Å². The number of nitro groups is 1. The summed E-state index contributed by atoms with van der Waals surface area (Å²) in [6.45, 7) is 1.87. The highest BCUT2D eigenvalue weighted by Gasteiger charge is 2.44. The smallest absolute Gasteiger partial charge is 0.272 e. The Kier molecular flexibility index (Phi) is 3.88. The van der Waals surface area contributed by atoms with Crippen molar-refractivity contribution in [2.24, 2.45) is 5.41 Å². The summed E-state index contributed by atoms with van der Waals surface area (Å²) < 4.78 is 19.2. The van der Waals surface area contributed by atoms with Crippen LogP contribution < -0.4 is 10.1 Å². The van der Waals surface area contributed by atoms with Crippen molar-refractivity contribution in [3.63, 3.8) is 0 Å². The second kappa shape index (κ2) is 5.88. The van der Waals surface area contributed by atoms with E-state index in [1.165, 1.54) is 24.4 Å². The van der Waals surface area contributed by atoms with Crippen LogP contribution in [0.4, 0.5) is 15.9 Å². The zero-order valence-corrected chi connectivity index (χ0v) is 12.8. The summed E-state index contributed by atoms with van der Waals surface area (Å²) >= 11 is 0. The van der Waals surface area contributed by atoms with E-state index in [9.17, 15) is 19.3 Å². The van der Waals surface area contributed by atoms with Crippen LogP contribution in [0, 0.1) is 21.3 Å². The van der Waals surface area contributed by atoms with Crippen LogP contribution in [-0.4, -0.2) is 15.8 Å². The predicted octanol–water partition coefficient (Wildman–Crippen LogP) is 3.66. The Morgan fingerprint density at radius 1 is 1.38 bits per heavy atom. The molecule has 0 unspecified atom stereocenters. The number of benzene rings is 1. The van der Waals surface area contributed by atoms with Gasteiger partial charge in [0.2, 0.25) is 5.91 Å². The van der Waals surface area contributed by atoms with Gasteiger partial charge in [0.05, 0.1) is 11.0 Å². The van der Waals surface area contributed by atoms with E-state index in [1.54, 1.807) is 0 Å². The summed E-state index contributed by atoms with van der Waals surface area (Å²) in [4.78, 5) is 25.9. The van der Waals surface area contributed by atoms with Crippen LogP contribution in [0.25, 0.3) is 0 Å². The van der Waals surface area contributed by atoms with Crippen molar-refractivity contribution in [1.29, 1.82) is 0 Å². The molecule has 1 heterocycles. The van der Waals surface area contributed by atoms with E-state index >= 15 is 0 Å². The van der Waals surface area contributed by atoms with Crippen LogP contribution in [0.3, 0.4) is 0 Å². The number of nitrogens with zero attached hydrogens (tertiary/aromatic N) is 2. The molecule has 1 fully saturated rings. The Hall–Kier alpha value is -3.03. The Bertz CT molecular complexity index is 821. The third kappa shape index (κ3) is 3.32. The Balaban J connectivity index is 1.75. The SMILES string of the molecule is CC1(C(=O)Nc2cc(Oc3ccc([N+](=O)[O-])cc3F)ccn2)CC1. The Labute approximate surface area is 136 Å². The highest BCUT2D eigenvalue weighted by atomic mass is 19.1. The molecule has 1 aromatic heterocycles. The van der Waals surface area contributed by atoms with E-state index in [0.717, 1.165) is 25.0 Å². The van der Waals surface area contributed by atoms with Crippen molar-refractivity contribution in [2.45, 2.75) is 19.8 Å². The number of non-ortho nitro benzene ring substituents is 1. The minimum atomic E-state index is -0.850. The number of hydrogen-bond acceptors (Lipinski definition) is 5. The average molecular weight is 331 g/mol. The second-order valence-corrected chi connectivity index (χ2v) is 5.87. The molecule has 24 heavy (non-hydrogen) atoms. The van der Waals surface area contributed by atoms with Gasteiger partial charge >= 0.3 is 0 Å². The highest BCUT2D eigenvalue weighted by molar-refractivity contribution is 5.96. The molecule has 1 aliphatic carbocycles. The number of hydrogen-bond donors (Lipinski definition) is 1. The van der Waals surface area contributed by atoms with Gasteiger partial charge in [-0.15, -0.1) is 0 Å². The Morgan fingerprint density at radius 2 is 2.12 bits per heavy atom. The lowest BCUT2D eigenvalue weighted by atomic mass is 10.1. The van der Waals surface area contributed by atoms with Gasteiger partial charge in [0.25, 0.3) is 5.69 Å². The maximum absolute atomic E-state index is 13.9. The van der Waals surface area contributed by atoms with Crippen molar-refractivity contribution >= 4 is 17.4 Å². The van der Waals surface area contributed by atoms with Gasteiger partial charge < -0.3 is 10.1 Å². The number of aromatic nitrogens is 1. The topological polar surface area (TPSA) is 94.4 Å². The van der Waals surface area contributed by atoms with Gasteiger partial charge in [-0.3, -0.25) is 14.9 Å². The minimum Gasteiger partial charge on any atom is -0.454 e. The number of rotatable bonds is 5. The number of nitrogens with one attached hydrogen (secondary N) is 1. The van der Waals surface area contributed by atoms with Gasteiger partial charge in [-0.25, -0.2) is 9.37 Å². The van der Waals surface area contributed by atoms with E-state index in [4.69, 9.17) is 4.74 Å². The monoisotopic (exact) mass is 331 g/mol. The molecule has 1 N–H and O–H groups in total. The number of nitro benzene ring substituents is 1. The fraction of sp³-hybridized carbons (Fsp3) is 0.250. The van der Waals surface area contributed by atoms with Gasteiger partial charge in [0.15, 0.2) is 11.6 Å². The van der Waals surface area contributed by atoms with Crippen LogP contribution in [0.1, 0.15) is 19.8 Å². The maximum Gasteiger partial charge on any atom is 0.272 e. The molecule has 0 atom stereocenters. The lowest BCUT2D eigenvalue weighted by Crippen LogP contribution is -2.21. The maximum atomic E-state index is 13.9. The number of pyridine rings is 1. The van der Waals surface area contributed by atoms with Crippen molar-refractivity contribution in [1.82, 2.24) is 4.98 Å². The van der Waals surface area contributed by atoms with Gasteiger partial charge in [-0.05, 0) is 25.0 Å². The standard InChI is InChI=1S/C16H14FN3O4/c1-16(5-6-16)15(21)19-14-9-11(4-7-18-14)24-13-3-2-10(20(22)23)8-12(13)17/h2-4,7-9H,5-6H2,1H3,(H,18,19,21). The molecule has 1 aromatic carbocycles. The molecule has 7 nitrogen and oxygen atoms in total. The summed E-state index contributed by atoms with van der Waals surface area (Å²) in [6.07, 6.45) is 3.09. The first-order valence-corrected chi connectivity index (χ1v) is 7.27. The van der Waals surface area contributed by atoms with Crippen LogP contribution >= 0.6 is 0 Å². The van der Waals surface area contributed by atoms with Crippen molar-refractivity contribution < 1.29 is 18.8 Å². The predicted molar refractivity (Wildman–Crippen MR) is 83.3 cm³/mol. The van der Waals surface area contributed by atoms with Crippen molar-refractivity contribution in [2.75, 3.05) is 5.32 Å². The molecule has 1 saturated carbocycles. The van der Waals surface area contributed by atoms with E-state index in [-0.39, 0.29) is 28.5 Å². The largest absolute Gasteiger partial charge is 0.454 e. The molecular formula is C16H14FN3O4. The quantitative estimate of drug-likeness (QED) is 0.666. The summed E-state index contributed by atoms with van der Waals surface area (Å²) in [5, 5.41) is 13.3. The zero-order valence-electron chi connectivity index (χ0n) is 12.8. The summed E-state index contributed by atoms with van der Waals surface area (Å²) in [5.41, 5.74) is -0.705. The molecular weight excluding hydrogens is 317 g/mol.